The molecule has 0 aliphatic carbocycles. The SMILES string of the molecule is O=[N+]([O-])c1cccc(COc2ccc(OC3CCNCC3)cc2)c1. The van der Waals surface area contributed by atoms with Crippen LogP contribution >= 0.6 is 0 Å². The molecular formula is C18H20N2O4. The van der Waals surface area contributed by atoms with Gasteiger partial charge < -0.3 is 14.8 Å². The number of nitrogens with one attached hydrogen (secondary N) is 1. The lowest BCUT2D eigenvalue weighted by atomic mass is 10.1. The molecule has 1 aliphatic rings. The smallest absolute Gasteiger partial charge is 0.269 e. The van der Waals surface area contributed by atoms with E-state index in [1.807, 2.05) is 30.3 Å². The molecule has 0 bridgehead atoms. The summed E-state index contributed by atoms with van der Waals surface area (Å²) in [6.45, 7) is 2.28. The Morgan fingerprint density at radius 3 is 2.50 bits per heavy atom. The van der Waals surface area contributed by atoms with Gasteiger partial charge in [0.2, 0.25) is 0 Å². The van der Waals surface area contributed by atoms with E-state index in [9.17, 15) is 10.1 Å². The van der Waals surface area contributed by atoms with Gasteiger partial charge in [-0.05, 0) is 55.8 Å². The molecule has 2 aromatic rings. The molecular weight excluding hydrogens is 308 g/mol. The summed E-state index contributed by atoms with van der Waals surface area (Å²) in [5, 5.41) is 14.1. The first kappa shape index (κ1) is 16.3. The number of ether oxygens (including phenoxy) is 2. The van der Waals surface area contributed by atoms with Crippen molar-refractivity contribution in [2.24, 2.45) is 0 Å². The molecule has 1 fully saturated rings. The van der Waals surface area contributed by atoms with E-state index in [1.165, 1.54) is 12.1 Å². The third kappa shape index (κ3) is 4.45. The Bertz CT molecular complexity index is 682. The molecule has 0 radical (unpaired) electrons. The molecule has 0 amide bonds. The molecule has 1 saturated heterocycles. The summed E-state index contributed by atoms with van der Waals surface area (Å²) in [6.07, 6.45) is 2.30. The molecule has 1 heterocycles. The molecule has 3 rings (SSSR count). The van der Waals surface area contributed by atoms with Gasteiger partial charge in [-0.25, -0.2) is 0 Å². The number of nitro benzene ring substituents is 1. The highest BCUT2D eigenvalue weighted by Gasteiger charge is 2.14. The quantitative estimate of drug-likeness (QED) is 0.650. The van der Waals surface area contributed by atoms with Crippen LogP contribution in [0.4, 0.5) is 5.69 Å². The minimum absolute atomic E-state index is 0.0711. The Balaban J connectivity index is 1.54. The Kier molecular flexibility index (Phi) is 5.28. The average Bonchev–Trinajstić information content (AvgIpc) is 2.62. The molecule has 0 atom stereocenters. The molecule has 0 saturated carbocycles. The van der Waals surface area contributed by atoms with Crippen LogP contribution in [0.2, 0.25) is 0 Å². The van der Waals surface area contributed by atoms with Crippen LogP contribution in [0.3, 0.4) is 0 Å². The normalized spacial score (nSPS) is 15.0. The molecule has 2 aromatic carbocycles. The second-order valence-electron chi connectivity index (χ2n) is 5.75. The minimum Gasteiger partial charge on any atom is -0.490 e. The molecule has 6 heteroatoms. The highest BCUT2D eigenvalue weighted by atomic mass is 16.6. The number of nitro groups is 1. The fourth-order valence-corrected chi connectivity index (χ4v) is 2.65. The van der Waals surface area contributed by atoms with E-state index in [1.54, 1.807) is 6.07 Å². The van der Waals surface area contributed by atoms with E-state index in [0.717, 1.165) is 37.2 Å². The van der Waals surface area contributed by atoms with Crippen molar-refractivity contribution in [2.45, 2.75) is 25.6 Å². The van der Waals surface area contributed by atoms with E-state index in [-0.39, 0.29) is 18.4 Å². The van der Waals surface area contributed by atoms with Crippen LogP contribution in [0.1, 0.15) is 18.4 Å². The zero-order valence-corrected chi connectivity index (χ0v) is 13.3. The van der Waals surface area contributed by atoms with Crippen molar-refractivity contribution in [1.29, 1.82) is 0 Å². The van der Waals surface area contributed by atoms with Gasteiger partial charge in [0, 0.05) is 12.1 Å². The lowest BCUT2D eigenvalue weighted by molar-refractivity contribution is -0.384. The second kappa shape index (κ2) is 7.79. The highest BCUT2D eigenvalue weighted by molar-refractivity contribution is 5.35. The summed E-state index contributed by atoms with van der Waals surface area (Å²) >= 11 is 0. The monoisotopic (exact) mass is 328 g/mol. The van der Waals surface area contributed by atoms with E-state index in [4.69, 9.17) is 9.47 Å². The zero-order chi connectivity index (χ0) is 16.8. The summed E-state index contributed by atoms with van der Waals surface area (Å²) in [4.78, 5) is 10.4. The van der Waals surface area contributed by atoms with Gasteiger partial charge in [0.1, 0.15) is 24.2 Å². The Hall–Kier alpha value is -2.60. The lowest BCUT2D eigenvalue weighted by Gasteiger charge is -2.23. The summed E-state index contributed by atoms with van der Waals surface area (Å²) in [5.41, 5.74) is 0.834. The number of hydrogen-bond donors (Lipinski definition) is 1. The average molecular weight is 328 g/mol. The predicted molar refractivity (Wildman–Crippen MR) is 90.4 cm³/mol. The molecule has 0 spiro atoms. The van der Waals surface area contributed by atoms with Gasteiger partial charge in [-0.2, -0.15) is 0 Å². The fraction of sp³-hybridized carbons (Fsp3) is 0.333. The minimum atomic E-state index is -0.406. The van der Waals surface area contributed by atoms with Crippen molar-refractivity contribution in [3.8, 4) is 11.5 Å². The van der Waals surface area contributed by atoms with Gasteiger partial charge in [-0.1, -0.05) is 12.1 Å². The van der Waals surface area contributed by atoms with Crippen molar-refractivity contribution in [1.82, 2.24) is 5.32 Å². The van der Waals surface area contributed by atoms with E-state index < -0.39 is 4.92 Å². The largest absolute Gasteiger partial charge is 0.490 e. The van der Waals surface area contributed by atoms with Gasteiger partial charge in [-0.15, -0.1) is 0 Å². The summed E-state index contributed by atoms with van der Waals surface area (Å²) in [7, 11) is 0. The maximum atomic E-state index is 10.8. The second-order valence-corrected chi connectivity index (χ2v) is 5.75. The van der Waals surface area contributed by atoms with Gasteiger partial charge >= 0.3 is 0 Å². The molecule has 126 valence electrons. The standard InChI is InChI=1S/C18H20N2O4/c21-20(22)15-3-1-2-14(12-15)13-23-16-4-6-17(7-5-16)24-18-8-10-19-11-9-18/h1-7,12,18-19H,8-11,13H2. The first-order valence-corrected chi connectivity index (χ1v) is 8.04. The molecule has 0 aromatic heterocycles. The van der Waals surface area contributed by atoms with Crippen LogP contribution in [0.25, 0.3) is 0 Å². The molecule has 0 unspecified atom stereocenters. The topological polar surface area (TPSA) is 73.6 Å². The number of benzene rings is 2. The number of rotatable bonds is 6. The van der Waals surface area contributed by atoms with E-state index in [2.05, 4.69) is 5.32 Å². The predicted octanol–water partition coefficient (Wildman–Crippen LogP) is 3.30. The first-order chi connectivity index (χ1) is 11.7. The van der Waals surface area contributed by atoms with Gasteiger partial charge in [-0.3, -0.25) is 10.1 Å². The van der Waals surface area contributed by atoms with Crippen molar-refractivity contribution < 1.29 is 14.4 Å². The van der Waals surface area contributed by atoms with E-state index in [0.29, 0.717) is 5.75 Å². The third-order valence-corrected chi connectivity index (χ3v) is 3.94. The molecule has 1 aliphatic heterocycles. The Morgan fingerprint density at radius 1 is 1.08 bits per heavy atom. The molecule has 24 heavy (non-hydrogen) atoms. The van der Waals surface area contributed by atoms with Gasteiger partial charge in [0.25, 0.3) is 5.69 Å². The van der Waals surface area contributed by atoms with Crippen LogP contribution in [0.15, 0.2) is 48.5 Å². The van der Waals surface area contributed by atoms with Crippen molar-refractivity contribution in [3.63, 3.8) is 0 Å². The number of non-ortho nitro benzene ring substituents is 1. The highest BCUT2D eigenvalue weighted by Crippen LogP contribution is 2.22. The Morgan fingerprint density at radius 2 is 1.79 bits per heavy atom. The summed E-state index contributed by atoms with van der Waals surface area (Å²) < 4.78 is 11.6. The molecule has 6 nitrogen and oxygen atoms in total. The van der Waals surface area contributed by atoms with Crippen LogP contribution in [-0.2, 0) is 6.61 Å². The summed E-state index contributed by atoms with van der Waals surface area (Å²) in [6, 6.07) is 14.0. The lowest BCUT2D eigenvalue weighted by Crippen LogP contribution is -2.34. The van der Waals surface area contributed by atoms with Crippen LogP contribution in [0, 0.1) is 10.1 Å². The van der Waals surface area contributed by atoms with Gasteiger partial charge in [0.15, 0.2) is 0 Å². The van der Waals surface area contributed by atoms with Gasteiger partial charge in [0.05, 0.1) is 4.92 Å². The fourth-order valence-electron chi connectivity index (χ4n) is 2.65. The molecule has 1 N–H and O–H groups in total. The maximum absolute atomic E-state index is 10.8. The maximum Gasteiger partial charge on any atom is 0.269 e. The number of nitrogens with zero attached hydrogens (tertiary/aromatic N) is 1. The van der Waals surface area contributed by atoms with E-state index >= 15 is 0 Å². The van der Waals surface area contributed by atoms with Crippen LogP contribution in [0.5, 0.6) is 11.5 Å². The third-order valence-electron chi connectivity index (χ3n) is 3.94. The van der Waals surface area contributed by atoms with Crippen molar-refractivity contribution >= 4 is 5.69 Å². The number of hydrogen-bond acceptors (Lipinski definition) is 5. The zero-order valence-electron chi connectivity index (χ0n) is 13.3. The van der Waals surface area contributed by atoms with Crippen LogP contribution in [-0.4, -0.2) is 24.1 Å². The van der Waals surface area contributed by atoms with Crippen LogP contribution < -0.4 is 14.8 Å². The Labute approximate surface area is 140 Å². The van der Waals surface area contributed by atoms with Crippen molar-refractivity contribution in [3.05, 3.63) is 64.2 Å². The summed E-state index contributed by atoms with van der Waals surface area (Å²) in [5.74, 6) is 1.55. The van der Waals surface area contributed by atoms with Crippen molar-refractivity contribution in [2.75, 3.05) is 13.1 Å². The number of piperidine rings is 1. The first-order valence-electron chi connectivity index (χ1n) is 8.04.